The summed E-state index contributed by atoms with van der Waals surface area (Å²) in [5, 5.41) is 5.70. The molecule has 0 aliphatic carbocycles. The van der Waals surface area contributed by atoms with Gasteiger partial charge in [-0.2, -0.15) is 5.10 Å². The predicted molar refractivity (Wildman–Crippen MR) is 57.6 cm³/mol. The molecule has 19 heavy (non-hydrogen) atoms. The van der Waals surface area contributed by atoms with Gasteiger partial charge in [0.05, 0.1) is 12.2 Å². The number of aromatic nitrogens is 3. The van der Waals surface area contributed by atoms with Gasteiger partial charge in [0, 0.05) is 12.1 Å². The van der Waals surface area contributed by atoms with Gasteiger partial charge in [-0.1, -0.05) is 0 Å². The fourth-order valence-electron chi connectivity index (χ4n) is 1.42. The molecule has 0 aliphatic heterocycles. The van der Waals surface area contributed by atoms with Gasteiger partial charge in [-0.15, -0.1) is 0 Å². The van der Waals surface area contributed by atoms with E-state index in [0.717, 1.165) is 0 Å². The molecule has 8 heteroatoms. The first kappa shape index (κ1) is 13.1. The summed E-state index contributed by atoms with van der Waals surface area (Å²) in [6.45, 7) is 1.71. The van der Waals surface area contributed by atoms with Crippen LogP contribution in [0.4, 0.5) is 13.2 Å². The Morgan fingerprint density at radius 3 is 2.53 bits per heavy atom. The van der Waals surface area contributed by atoms with E-state index < -0.39 is 34.8 Å². The highest BCUT2D eigenvalue weighted by Gasteiger charge is 2.20. The number of nitrogens with one attached hydrogen (secondary N) is 1. The molecule has 0 spiro atoms. The van der Waals surface area contributed by atoms with E-state index in [0.29, 0.717) is 12.1 Å². The molecule has 0 saturated heterocycles. The number of carbonyl (C=O) groups is 1. The van der Waals surface area contributed by atoms with E-state index in [1.165, 1.54) is 0 Å². The number of rotatable bonds is 3. The molecule has 5 nitrogen and oxygen atoms in total. The van der Waals surface area contributed by atoms with Gasteiger partial charge in [-0.05, 0) is 6.92 Å². The Kier molecular flexibility index (Phi) is 3.50. The summed E-state index contributed by atoms with van der Waals surface area (Å²) in [6.07, 6.45) is 0. The highest BCUT2D eigenvalue weighted by atomic mass is 19.1. The molecule has 1 N–H and O–H groups in total. The molecule has 0 amide bonds. The van der Waals surface area contributed by atoms with Crippen molar-refractivity contribution in [3.05, 3.63) is 35.4 Å². The second-order valence-corrected chi connectivity index (χ2v) is 3.47. The number of ether oxygens (including phenoxy) is 1. The lowest BCUT2D eigenvalue weighted by Crippen LogP contribution is -2.06. The summed E-state index contributed by atoms with van der Waals surface area (Å²) in [4.78, 5) is 14.9. The molecular formula is C11H8F3N3O2. The van der Waals surface area contributed by atoms with E-state index in [9.17, 15) is 18.0 Å². The van der Waals surface area contributed by atoms with Crippen molar-refractivity contribution in [3.63, 3.8) is 0 Å². The van der Waals surface area contributed by atoms with Crippen molar-refractivity contribution in [2.45, 2.75) is 6.92 Å². The molecule has 0 aliphatic rings. The number of benzene rings is 1. The maximum Gasteiger partial charge on any atom is 0.375 e. The molecule has 2 aromatic rings. The van der Waals surface area contributed by atoms with Gasteiger partial charge in [0.2, 0.25) is 5.82 Å². The van der Waals surface area contributed by atoms with Gasteiger partial charge in [0.25, 0.3) is 0 Å². The third kappa shape index (κ3) is 2.56. The Labute approximate surface area is 105 Å². The molecule has 100 valence electrons. The van der Waals surface area contributed by atoms with Gasteiger partial charge < -0.3 is 4.74 Å². The number of esters is 1. The van der Waals surface area contributed by atoms with Gasteiger partial charge in [-0.25, -0.2) is 22.9 Å². The van der Waals surface area contributed by atoms with E-state index in [1.807, 2.05) is 0 Å². The average Bonchev–Trinajstić information content (AvgIpc) is 2.77. The van der Waals surface area contributed by atoms with E-state index in [4.69, 9.17) is 0 Å². The summed E-state index contributed by atoms with van der Waals surface area (Å²) in [5.74, 6) is -4.86. The standard InChI is InChI=1S/C11H8F3N3O2/c1-2-19-11(18)10-15-9(16-17-10)8-6(13)3-5(12)4-7(8)14/h3-4H,2H2,1H3,(H,15,16,17). The third-order valence-electron chi connectivity index (χ3n) is 2.18. The zero-order valence-corrected chi connectivity index (χ0v) is 9.71. The summed E-state index contributed by atoms with van der Waals surface area (Å²) in [5.41, 5.74) is -0.617. The van der Waals surface area contributed by atoms with Gasteiger partial charge in [-0.3, -0.25) is 5.10 Å². The van der Waals surface area contributed by atoms with Crippen molar-refractivity contribution in [1.82, 2.24) is 15.2 Å². The lowest BCUT2D eigenvalue weighted by molar-refractivity contribution is 0.0512. The minimum atomic E-state index is -1.16. The van der Waals surface area contributed by atoms with Crippen molar-refractivity contribution >= 4 is 5.97 Å². The summed E-state index contributed by atoms with van der Waals surface area (Å²) >= 11 is 0. The number of aromatic amines is 1. The highest BCUT2D eigenvalue weighted by Crippen LogP contribution is 2.23. The molecule has 0 fully saturated rings. The SMILES string of the molecule is CCOC(=O)c1nc(-c2c(F)cc(F)cc2F)n[nH]1. The van der Waals surface area contributed by atoms with Crippen LogP contribution in [0, 0.1) is 17.5 Å². The fraction of sp³-hybridized carbons (Fsp3) is 0.182. The molecular weight excluding hydrogens is 263 g/mol. The second kappa shape index (κ2) is 5.09. The maximum absolute atomic E-state index is 13.5. The summed E-state index contributed by atoms with van der Waals surface area (Å²) in [6, 6.07) is 0.998. The third-order valence-corrected chi connectivity index (χ3v) is 2.18. The lowest BCUT2D eigenvalue weighted by Gasteiger charge is -2.00. The van der Waals surface area contributed by atoms with Crippen LogP contribution in [0.3, 0.4) is 0 Å². The Hall–Kier alpha value is -2.38. The second-order valence-electron chi connectivity index (χ2n) is 3.47. The van der Waals surface area contributed by atoms with Crippen LogP contribution in [-0.4, -0.2) is 27.8 Å². The van der Waals surface area contributed by atoms with Crippen molar-refractivity contribution in [2.75, 3.05) is 6.61 Å². The van der Waals surface area contributed by atoms with E-state index >= 15 is 0 Å². The van der Waals surface area contributed by atoms with Gasteiger partial charge in [0.1, 0.15) is 17.5 Å². The minimum absolute atomic E-state index is 0.119. The fourth-order valence-corrected chi connectivity index (χ4v) is 1.42. The normalized spacial score (nSPS) is 10.5. The van der Waals surface area contributed by atoms with Crippen LogP contribution in [0.1, 0.15) is 17.5 Å². The quantitative estimate of drug-likeness (QED) is 0.868. The first-order valence-corrected chi connectivity index (χ1v) is 5.27. The molecule has 0 radical (unpaired) electrons. The van der Waals surface area contributed by atoms with E-state index in [1.54, 1.807) is 6.92 Å². The van der Waals surface area contributed by atoms with Gasteiger partial charge in [0.15, 0.2) is 5.82 Å². The van der Waals surface area contributed by atoms with Crippen LogP contribution in [0.15, 0.2) is 12.1 Å². The topological polar surface area (TPSA) is 67.9 Å². The summed E-state index contributed by atoms with van der Waals surface area (Å²) in [7, 11) is 0. The number of halogens is 3. The highest BCUT2D eigenvalue weighted by molar-refractivity contribution is 5.85. The number of hydrogen-bond donors (Lipinski definition) is 1. The van der Waals surface area contributed by atoms with Crippen molar-refractivity contribution in [1.29, 1.82) is 0 Å². The van der Waals surface area contributed by atoms with E-state index in [-0.39, 0.29) is 12.4 Å². The average molecular weight is 271 g/mol. The molecule has 2 rings (SSSR count). The van der Waals surface area contributed by atoms with Crippen molar-refractivity contribution in [3.8, 4) is 11.4 Å². The predicted octanol–water partition coefficient (Wildman–Crippen LogP) is 2.07. The Morgan fingerprint density at radius 1 is 1.32 bits per heavy atom. The molecule has 1 heterocycles. The number of hydrogen-bond acceptors (Lipinski definition) is 4. The maximum atomic E-state index is 13.5. The molecule has 0 unspecified atom stereocenters. The molecule has 0 bridgehead atoms. The van der Waals surface area contributed by atoms with Crippen LogP contribution in [-0.2, 0) is 4.74 Å². The van der Waals surface area contributed by atoms with Crippen LogP contribution >= 0.6 is 0 Å². The van der Waals surface area contributed by atoms with Crippen LogP contribution < -0.4 is 0 Å². The smallest absolute Gasteiger partial charge is 0.375 e. The van der Waals surface area contributed by atoms with Crippen molar-refractivity contribution in [2.24, 2.45) is 0 Å². The van der Waals surface area contributed by atoms with Crippen LogP contribution in [0.2, 0.25) is 0 Å². The number of nitrogens with zero attached hydrogens (tertiary/aromatic N) is 2. The van der Waals surface area contributed by atoms with Crippen molar-refractivity contribution < 1.29 is 22.7 Å². The first-order valence-electron chi connectivity index (χ1n) is 5.27. The van der Waals surface area contributed by atoms with Crippen LogP contribution in [0.5, 0.6) is 0 Å². The number of carbonyl (C=O) groups excluding carboxylic acids is 1. The molecule has 0 atom stereocenters. The Morgan fingerprint density at radius 2 is 1.95 bits per heavy atom. The molecule has 1 aromatic carbocycles. The Bertz CT molecular complexity index is 604. The Balaban J connectivity index is 2.41. The van der Waals surface area contributed by atoms with Crippen LogP contribution in [0.25, 0.3) is 11.4 Å². The van der Waals surface area contributed by atoms with Gasteiger partial charge >= 0.3 is 5.97 Å². The largest absolute Gasteiger partial charge is 0.460 e. The molecule has 1 aromatic heterocycles. The van der Waals surface area contributed by atoms with E-state index in [2.05, 4.69) is 19.9 Å². The zero-order valence-electron chi connectivity index (χ0n) is 9.71. The molecule has 0 saturated carbocycles. The summed E-state index contributed by atoms with van der Waals surface area (Å²) < 4.78 is 44.3. The lowest BCUT2D eigenvalue weighted by atomic mass is 10.2. The number of H-pyrrole nitrogens is 1. The minimum Gasteiger partial charge on any atom is -0.460 e. The first-order chi connectivity index (χ1) is 9.02. The zero-order chi connectivity index (χ0) is 14.0. The monoisotopic (exact) mass is 271 g/mol.